The van der Waals surface area contributed by atoms with E-state index in [2.05, 4.69) is 15.5 Å². The van der Waals surface area contributed by atoms with E-state index in [0.29, 0.717) is 11.5 Å². The molecule has 0 saturated carbocycles. The maximum Gasteiger partial charge on any atom is 0.273 e. The molecule has 5 nitrogen and oxygen atoms in total. The van der Waals surface area contributed by atoms with Crippen LogP contribution in [0.3, 0.4) is 0 Å². The van der Waals surface area contributed by atoms with E-state index in [1.54, 1.807) is 0 Å². The van der Waals surface area contributed by atoms with Gasteiger partial charge in [0.25, 0.3) is 5.91 Å². The van der Waals surface area contributed by atoms with Crippen LogP contribution in [0.5, 0.6) is 0 Å². The molecule has 0 aliphatic heterocycles. The molecule has 1 amide bonds. The first-order valence-corrected chi connectivity index (χ1v) is 5.26. The van der Waals surface area contributed by atoms with E-state index in [-0.39, 0.29) is 5.91 Å². The first-order chi connectivity index (χ1) is 8.08. The second-order valence-electron chi connectivity index (χ2n) is 3.91. The minimum absolute atomic E-state index is 0.247. The van der Waals surface area contributed by atoms with Crippen molar-refractivity contribution in [1.29, 1.82) is 0 Å². The molecule has 0 unspecified atom stereocenters. The average Bonchev–Trinajstić information content (AvgIpc) is 2.72. The number of hydrogen-bond donors (Lipinski definition) is 3. The number of nitrogen functional groups attached to an aromatic ring is 1. The Hall–Kier alpha value is -2.30. The maximum absolute atomic E-state index is 11.9. The zero-order chi connectivity index (χ0) is 12.4. The van der Waals surface area contributed by atoms with Gasteiger partial charge >= 0.3 is 0 Å². The van der Waals surface area contributed by atoms with E-state index in [0.717, 1.165) is 16.8 Å². The van der Waals surface area contributed by atoms with Crippen LogP contribution in [0.2, 0.25) is 0 Å². The van der Waals surface area contributed by atoms with Crippen LogP contribution in [0.4, 0.5) is 11.5 Å². The Bertz CT molecular complexity index is 559. The van der Waals surface area contributed by atoms with Gasteiger partial charge in [-0.25, -0.2) is 0 Å². The van der Waals surface area contributed by atoms with E-state index >= 15 is 0 Å². The predicted octanol–water partition coefficient (Wildman–Crippen LogP) is 1.86. The predicted molar refractivity (Wildman–Crippen MR) is 66.9 cm³/mol. The summed E-state index contributed by atoms with van der Waals surface area (Å²) in [6, 6.07) is 7.26. The molecule has 88 valence electrons. The van der Waals surface area contributed by atoms with Crippen LogP contribution in [-0.4, -0.2) is 16.1 Å². The molecular formula is C12H14N4O. The highest BCUT2D eigenvalue weighted by Crippen LogP contribution is 2.18. The number of anilines is 2. The van der Waals surface area contributed by atoms with Gasteiger partial charge < -0.3 is 11.1 Å². The van der Waals surface area contributed by atoms with E-state index in [1.807, 2.05) is 32.0 Å². The summed E-state index contributed by atoms with van der Waals surface area (Å²) in [6.07, 6.45) is 0. The van der Waals surface area contributed by atoms with Crippen LogP contribution in [-0.2, 0) is 0 Å². The number of aromatic nitrogens is 2. The molecule has 4 N–H and O–H groups in total. The lowest BCUT2D eigenvalue weighted by Crippen LogP contribution is -2.13. The Kier molecular flexibility index (Phi) is 2.82. The summed E-state index contributed by atoms with van der Waals surface area (Å²) in [4.78, 5) is 11.9. The van der Waals surface area contributed by atoms with Gasteiger partial charge in [-0.2, -0.15) is 5.10 Å². The number of nitrogens with two attached hydrogens (primary N) is 1. The molecule has 0 saturated heterocycles. The zero-order valence-electron chi connectivity index (χ0n) is 9.74. The Labute approximate surface area is 99.0 Å². The number of carbonyl (C=O) groups is 1. The summed E-state index contributed by atoms with van der Waals surface area (Å²) in [5, 5.41) is 9.10. The molecule has 1 aromatic heterocycles. The molecule has 0 aliphatic rings. The molecule has 17 heavy (non-hydrogen) atoms. The van der Waals surface area contributed by atoms with E-state index in [1.165, 1.54) is 6.07 Å². The van der Waals surface area contributed by atoms with Gasteiger partial charge in [0.15, 0.2) is 0 Å². The topological polar surface area (TPSA) is 83.8 Å². The summed E-state index contributed by atoms with van der Waals surface area (Å²) in [5.41, 5.74) is 8.77. The molecule has 1 heterocycles. The van der Waals surface area contributed by atoms with Crippen molar-refractivity contribution in [2.75, 3.05) is 11.1 Å². The van der Waals surface area contributed by atoms with Crippen molar-refractivity contribution >= 4 is 17.4 Å². The van der Waals surface area contributed by atoms with Crippen LogP contribution in [0.15, 0.2) is 24.3 Å². The van der Waals surface area contributed by atoms with Crippen LogP contribution >= 0.6 is 0 Å². The summed E-state index contributed by atoms with van der Waals surface area (Å²) in [6.45, 7) is 3.96. The van der Waals surface area contributed by atoms with Gasteiger partial charge in [-0.15, -0.1) is 0 Å². The Morgan fingerprint density at radius 1 is 1.41 bits per heavy atom. The molecule has 0 bridgehead atoms. The van der Waals surface area contributed by atoms with Crippen molar-refractivity contribution in [2.45, 2.75) is 13.8 Å². The van der Waals surface area contributed by atoms with Crippen molar-refractivity contribution in [2.24, 2.45) is 0 Å². The van der Waals surface area contributed by atoms with Crippen LogP contribution < -0.4 is 11.1 Å². The quantitative estimate of drug-likeness (QED) is 0.736. The highest BCUT2D eigenvalue weighted by molar-refractivity contribution is 6.03. The monoisotopic (exact) mass is 230 g/mol. The van der Waals surface area contributed by atoms with Crippen LogP contribution in [0, 0.1) is 13.8 Å². The molecule has 0 radical (unpaired) electrons. The SMILES string of the molecule is Cc1cccc(NC(=O)c2cc(N)n[nH]2)c1C. The molecule has 2 rings (SSSR count). The average molecular weight is 230 g/mol. The lowest BCUT2D eigenvalue weighted by atomic mass is 10.1. The summed E-state index contributed by atoms with van der Waals surface area (Å²) in [5.74, 6) is 0.0546. The van der Waals surface area contributed by atoms with Crippen molar-refractivity contribution in [1.82, 2.24) is 10.2 Å². The molecule has 0 spiro atoms. The van der Waals surface area contributed by atoms with E-state index < -0.39 is 0 Å². The van der Waals surface area contributed by atoms with Gasteiger partial charge in [0, 0.05) is 11.8 Å². The van der Waals surface area contributed by atoms with Crippen LogP contribution in [0.25, 0.3) is 0 Å². The largest absolute Gasteiger partial charge is 0.382 e. The standard InChI is InChI=1S/C12H14N4O/c1-7-4-3-5-9(8(7)2)14-12(17)10-6-11(13)16-15-10/h3-6H,1-2H3,(H,14,17)(H3,13,15,16). The molecule has 0 aliphatic carbocycles. The molecule has 5 heteroatoms. The Morgan fingerprint density at radius 3 is 2.82 bits per heavy atom. The van der Waals surface area contributed by atoms with Crippen molar-refractivity contribution in [3.63, 3.8) is 0 Å². The third kappa shape index (κ3) is 2.28. The number of benzene rings is 1. The van der Waals surface area contributed by atoms with Crippen molar-refractivity contribution < 1.29 is 4.79 Å². The lowest BCUT2D eigenvalue weighted by molar-refractivity contribution is 0.102. The van der Waals surface area contributed by atoms with E-state index in [4.69, 9.17) is 5.73 Å². The second kappa shape index (κ2) is 4.29. The highest BCUT2D eigenvalue weighted by atomic mass is 16.1. The van der Waals surface area contributed by atoms with Gasteiger partial charge in [0.2, 0.25) is 0 Å². The number of aromatic amines is 1. The normalized spacial score (nSPS) is 10.2. The number of carbonyl (C=O) groups excluding carboxylic acids is 1. The van der Waals surface area contributed by atoms with Gasteiger partial charge in [0.05, 0.1) is 0 Å². The smallest absolute Gasteiger partial charge is 0.273 e. The number of hydrogen-bond acceptors (Lipinski definition) is 3. The summed E-state index contributed by atoms with van der Waals surface area (Å²) >= 11 is 0. The summed E-state index contributed by atoms with van der Waals surface area (Å²) in [7, 11) is 0. The fourth-order valence-corrected chi connectivity index (χ4v) is 1.53. The molecule has 0 atom stereocenters. The number of amides is 1. The fourth-order valence-electron chi connectivity index (χ4n) is 1.53. The van der Waals surface area contributed by atoms with Gasteiger partial charge in [-0.1, -0.05) is 12.1 Å². The third-order valence-corrected chi connectivity index (χ3v) is 2.70. The minimum Gasteiger partial charge on any atom is -0.382 e. The zero-order valence-corrected chi connectivity index (χ0v) is 9.74. The minimum atomic E-state index is -0.247. The van der Waals surface area contributed by atoms with Gasteiger partial charge in [-0.3, -0.25) is 9.89 Å². The van der Waals surface area contributed by atoms with E-state index in [9.17, 15) is 4.79 Å². The molecule has 0 fully saturated rings. The highest BCUT2D eigenvalue weighted by Gasteiger charge is 2.10. The van der Waals surface area contributed by atoms with Gasteiger partial charge in [0.1, 0.15) is 11.5 Å². The number of rotatable bonds is 2. The number of nitrogens with one attached hydrogen (secondary N) is 2. The van der Waals surface area contributed by atoms with Crippen molar-refractivity contribution in [3.8, 4) is 0 Å². The Morgan fingerprint density at radius 2 is 2.18 bits per heavy atom. The second-order valence-corrected chi connectivity index (χ2v) is 3.91. The van der Waals surface area contributed by atoms with Gasteiger partial charge in [-0.05, 0) is 31.0 Å². The third-order valence-electron chi connectivity index (χ3n) is 2.70. The molecule has 2 aromatic rings. The van der Waals surface area contributed by atoms with Crippen LogP contribution in [0.1, 0.15) is 21.6 Å². The lowest BCUT2D eigenvalue weighted by Gasteiger charge is -2.09. The number of H-pyrrole nitrogens is 1. The maximum atomic E-state index is 11.9. The molecule has 1 aromatic carbocycles. The van der Waals surface area contributed by atoms with Crippen molar-refractivity contribution in [3.05, 3.63) is 41.1 Å². The first-order valence-electron chi connectivity index (χ1n) is 5.26. The summed E-state index contributed by atoms with van der Waals surface area (Å²) < 4.78 is 0. The Balaban J connectivity index is 2.21. The fraction of sp³-hybridized carbons (Fsp3) is 0.167. The number of nitrogens with zero attached hydrogens (tertiary/aromatic N) is 1. The first kappa shape index (κ1) is 11.2. The molecular weight excluding hydrogens is 216 g/mol. The number of aryl methyl sites for hydroxylation is 1.